The summed E-state index contributed by atoms with van der Waals surface area (Å²) in [5.41, 5.74) is 1.16. The third kappa shape index (κ3) is 9.63. The molecule has 0 fully saturated rings. The van der Waals surface area contributed by atoms with E-state index in [1.807, 2.05) is 19.1 Å². The minimum Gasteiger partial charge on any atom is -0.492 e. The minimum atomic E-state index is 0.629. The van der Waals surface area contributed by atoms with Crippen LogP contribution in [0.1, 0.15) is 33.3 Å². The normalized spacial score (nSPS) is 11.7. The number of benzene rings is 1. The highest BCUT2D eigenvalue weighted by molar-refractivity contribution is 5.79. The van der Waals surface area contributed by atoms with E-state index in [-0.39, 0.29) is 0 Å². The minimum absolute atomic E-state index is 0.629. The first-order chi connectivity index (χ1) is 12.7. The van der Waals surface area contributed by atoms with E-state index >= 15 is 0 Å². The van der Waals surface area contributed by atoms with Crippen molar-refractivity contribution in [3.05, 3.63) is 29.8 Å². The average Bonchev–Trinajstić information content (AvgIpc) is 2.67. The first-order valence-corrected chi connectivity index (χ1v) is 9.77. The van der Waals surface area contributed by atoms with E-state index in [1.165, 1.54) is 0 Å². The molecule has 0 saturated carbocycles. The molecule has 0 aliphatic carbocycles. The lowest BCUT2D eigenvalue weighted by Crippen LogP contribution is -2.39. The lowest BCUT2D eigenvalue weighted by atomic mass is 10.2. The smallest absolute Gasteiger partial charge is 0.191 e. The second-order valence-electron chi connectivity index (χ2n) is 5.84. The number of hydrogen-bond acceptors (Lipinski definition) is 4. The Balaban J connectivity index is 2.43. The van der Waals surface area contributed by atoms with Crippen molar-refractivity contribution in [1.29, 1.82) is 0 Å². The summed E-state index contributed by atoms with van der Waals surface area (Å²) in [5, 5.41) is 6.52. The van der Waals surface area contributed by atoms with Gasteiger partial charge in [-0.2, -0.15) is 0 Å². The molecule has 0 radical (unpaired) electrons. The van der Waals surface area contributed by atoms with Gasteiger partial charge in [0.25, 0.3) is 0 Å². The molecule has 0 aromatic heterocycles. The number of nitrogens with one attached hydrogen (secondary N) is 2. The zero-order valence-electron chi connectivity index (χ0n) is 16.9. The van der Waals surface area contributed by atoms with Gasteiger partial charge in [0.2, 0.25) is 0 Å². The largest absolute Gasteiger partial charge is 0.492 e. The molecule has 1 aromatic rings. The van der Waals surface area contributed by atoms with Crippen LogP contribution in [0.3, 0.4) is 0 Å². The van der Waals surface area contributed by atoms with Gasteiger partial charge in [0, 0.05) is 26.2 Å². The van der Waals surface area contributed by atoms with Crippen LogP contribution in [-0.2, 0) is 11.3 Å². The lowest BCUT2D eigenvalue weighted by molar-refractivity contribution is 0.152. The quantitative estimate of drug-likeness (QED) is 0.320. The fraction of sp³-hybridized carbons (Fsp3) is 0.650. The predicted molar refractivity (Wildman–Crippen MR) is 109 cm³/mol. The maximum Gasteiger partial charge on any atom is 0.191 e. The topological polar surface area (TPSA) is 58.1 Å². The van der Waals surface area contributed by atoms with Gasteiger partial charge >= 0.3 is 0 Å². The zero-order valence-corrected chi connectivity index (χ0v) is 16.9. The second-order valence-corrected chi connectivity index (χ2v) is 5.84. The molecular formula is C20H36N4O2. The summed E-state index contributed by atoms with van der Waals surface area (Å²) in [7, 11) is 0. The Morgan fingerprint density at radius 1 is 1.00 bits per heavy atom. The third-order valence-electron chi connectivity index (χ3n) is 4.00. The van der Waals surface area contributed by atoms with Gasteiger partial charge in [0.05, 0.1) is 13.2 Å². The van der Waals surface area contributed by atoms with Crippen molar-refractivity contribution >= 4 is 5.96 Å². The molecule has 0 spiro atoms. The molecule has 148 valence electrons. The summed E-state index contributed by atoms with van der Waals surface area (Å²) in [5.74, 6) is 1.72. The van der Waals surface area contributed by atoms with Crippen molar-refractivity contribution in [1.82, 2.24) is 15.5 Å². The summed E-state index contributed by atoms with van der Waals surface area (Å²) < 4.78 is 11.2. The molecule has 0 unspecified atom stereocenters. The standard InChI is InChI=1S/C20H36N4O2/c1-5-21-20(22-13-15-25-8-4)23-17-18-9-11-19(12-10-18)26-16-14-24(6-2)7-3/h9-12H,5-8,13-17H2,1-4H3,(H2,21,22,23). The summed E-state index contributed by atoms with van der Waals surface area (Å²) in [4.78, 5) is 6.96. The lowest BCUT2D eigenvalue weighted by Gasteiger charge is -2.18. The summed E-state index contributed by atoms with van der Waals surface area (Å²) in [6.07, 6.45) is 0. The van der Waals surface area contributed by atoms with Gasteiger partial charge in [-0.3, -0.25) is 0 Å². The van der Waals surface area contributed by atoms with Gasteiger partial charge in [0.1, 0.15) is 12.4 Å². The monoisotopic (exact) mass is 364 g/mol. The van der Waals surface area contributed by atoms with Gasteiger partial charge in [-0.15, -0.1) is 0 Å². The van der Waals surface area contributed by atoms with Gasteiger partial charge in [0.15, 0.2) is 5.96 Å². The molecule has 0 saturated heterocycles. The Labute approximate surface area is 159 Å². The number of ether oxygens (including phenoxy) is 2. The Morgan fingerprint density at radius 2 is 1.73 bits per heavy atom. The second kappa shape index (κ2) is 14.4. The van der Waals surface area contributed by atoms with E-state index in [4.69, 9.17) is 9.47 Å². The average molecular weight is 365 g/mol. The summed E-state index contributed by atoms with van der Waals surface area (Å²) in [6, 6.07) is 8.17. The molecule has 6 heteroatoms. The highest BCUT2D eigenvalue weighted by Gasteiger charge is 2.01. The number of rotatable bonds is 13. The molecule has 0 bridgehead atoms. The number of likely N-dealkylation sites (N-methyl/N-ethyl adjacent to an activating group) is 1. The molecule has 0 aliphatic heterocycles. The Morgan fingerprint density at radius 3 is 2.35 bits per heavy atom. The SMILES string of the molecule is CCNC(=NCc1ccc(OCCN(CC)CC)cc1)NCCOCC. The maximum absolute atomic E-state index is 5.82. The highest BCUT2D eigenvalue weighted by atomic mass is 16.5. The first kappa shape index (κ1) is 22.3. The zero-order chi connectivity index (χ0) is 19.0. The van der Waals surface area contributed by atoms with Crippen molar-refractivity contribution in [2.24, 2.45) is 4.99 Å². The van der Waals surface area contributed by atoms with Crippen molar-refractivity contribution in [3.8, 4) is 5.75 Å². The molecule has 1 aromatic carbocycles. The first-order valence-electron chi connectivity index (χ1n) is 9.77. The van der Waals surface area contributed by atoms with Gasteiger partial charge in [-0.05, 0) is 44.6 Å². The van der Waals surface area contributed by atoms with Crippen molar-refractivity contribution in [2.75, 3.05) is 52.5 Å². The van der Waals surface area contributed by atoms with Gasteiger partial charge in [-0.25, -0.2) is 4.99 Å². The number of aliphatic imine (C=N–C) groups is 1. The maximum atomic E-state index is 5.82. The molecule has 1 rings (SSSR count). The van der Waals surface area contributed by atoms with Gasteiger partial charge < -0.3 is 25.0 Å². The van der Waals surface area contributed by atoms with Crippen LogP contribution in [0.15, 0.2) is 29.3 Å². The third-order valence-corrected chi connectivity index (χ3v) is 4.00. The number of hydrogen-bond donors (Lipinski definition) is 2. The number of nitrogens with zero attached hydrogens (tertiary/aromatic N) is 2. The highest BCUT2D eigenvalue weighted by Crippen LogP contribution is 2.13. The predicted octanol–water partition coefficient (Wildman–Crippen LogP) is 2.50. The van der Waals surface area contributed by atoms with Gasteiger partial charge in [-0.1, -0.05) is 26.0 Å². The van der Waals surface area contributed by atoms with Crippen molar-refractivity contribution in [3.63, 3.8) is 0 Å². The fourth-order valence-corrected chi connectivity index (χ4v) is 2.42. The van der Waals surface area contributed by atoms with Crippen LogP contribution in [0, 0.1) is 0 Å². The molecule has 2 N–H and O–H groups in total. The fourth-order valence-electron chi connectivity index (χ4n) is 2.42. The van der Waals surface area contributed by atoms with Crippen LogP contribution in [0.5, 0.6) is 5.75 Å². The molecular weight excluding hydrogens is 328 g/mol. The Bertz CT molecular complexity index is 487. The van der Waals surface area contributed by atoms with Crippen LogP contribution in [-0.4, -0.2) is 63.4 Å². The van der Waals surface area contributed by atoms with Crippen LogP contribution in [0.2, 0.25) is 0 Å². The van der Waals surface area contributed by atoms with Crippen LogP contribution in [0.4, 0.5) is 0 Å². The van der Waals surface area contributed by atoms with Crippen molar-refractivity contribution < 1.29 is 9.47 Å². The van der Waals surface area contributed by atoms with Crippen LogP contribution >= 0.6 is 0 Å². The molecule has 0 atom stereocenters. The molecule has 0 amide bonds. The van der Waals surface area contributed by atoms with Crippen LogP contribution < -0.4 is 15.4 Å². The van der Waals surface area contributed by atoms with E-state index in [0.29, 0.717) is 19.8 Å². The Kier molecular flexibility index (Phi) is 12.3. The summed E-state index contributed by atoms with van der Waals surface area (Å²) in [6.45, 7) is 15.8. The van der Waals surface area contributed by atoms with E-state index in [1.54, 1.807) is 0 Å². The van der Waals surface area contributed by atoms with E-state index < -0.39 is 0 Å². The molecule has 0 aliphatic rings. The summed E-state index contributed by atoms with van der Waals surface area (Å²) >= 11 is 0. The Hall–Kier alpha value is -1.79. The van der Waals surface area contributed by atoms with E-state index in [0.717, 1.165) is 56.6 Å². The molecule has 0 heterocycles. The van der Waals surface area contributed by atoms with E-state index in [9.17, 15) is 0 Å². The van der Waals surface area contributed by atoms with Crippen LogP contribution in [0.25, 0.3) is 0 Å². The number of guanidine groups is 1. The molecule has 6 nitrogen and oxygen atoms in total. The van der Waals surface area contributed by atoms with E-state index in [2.05, 4.69) is 53.4 Å². The molecule has 26 heavy (non-hydrogen) atoms. The van der Waals surface area contributed by atoms with Crippen molar-refractivity contribution in [2.45, 2.75) is 34.2 Å².